The summed E-state index contributed by atoms with van der Waals surface area (Å²) in [4.78, 5) is 20.7. The Hall–Kier alpha value is -1.04. The summed E-state index contributed by atoms with van der Waals surface area (Å²) in [6.07, 6.45) is -1.47. The van der Waals surface area contributed by atoms with Crippen molar-refractivity contribution in [2.24, 2.45) is 5.29 Å². The molecule has 0 atom stereocenters. The number of carbonyl (C=O) groups is 1. The predicted molar refractivity (Wildman–Crippen MR) is 60.8 cm³/mol. The number of carboxylic acid groups (broad SMARTS) is 1. The third kappa shape index (κ3) is 2.98. The van der Waals surface area contributed by atoms with Crippen molar-refractivity contribution in [2.45, 2.75) is 6.54 Å². The average Bonchev–Trinajstić information content (AvgIpc) is 2.21. The Morgan fingerprint density at radius 1 is 1.25 bits per heavy atom. The highest BCUT2D eigenvalue weighted by atomic mass is 35.5. The average molecular weight is 283 g/mol. The molecule has 0 heterocycles. The van der Waals surface area contributed by atoms with Crippen LogP contribution in [0.15, 0.2) is 17.4 Å². The van der Waals surface area contributed by atoms with Crippen LogP contribution in [0.2, 0.25) is 15.1 Å². The molecule has 8 heteroatoms. The molecule has 0 aliphatic carbocycles. The van der Waals surface area contributed by atoms with Crippen LogP contribution in [0.4, 0.5) is 4.79 Å². The fourth-order valence-electron chi connectivity index (χ4n) is 0.978. The molecule has 0 saturated carbocycles. The summed E-state index contributed by atoms with van der Waals surface area (Å²) in [5.74, 6) is 0. The molecule has 0 bridgehead atoms. The van der Waals surface area contributed by atoms with Crippen molar-refractivity contribution in [2.75, 3.05) is 0 Å². The van der Waals surface area contributed by atoms with Gasteiger partial charge in [0.15, 0.2) is 0 Å². The number of hydrogen-bond acceptors (Lipinski definition) is 3. The van der Waals surface area contributed by atoms with Gasteiger partial charge in [-0.05, 0) is 17.7 Å². The molecule has 1 rings (SSSR count). The van der Waals surface area contributed by atoms with E-state index in [1.54, 1.807) is 0 Å². The summed E-state index contributed by atoms with van der Waals surface area (Å²) < 4.78 is 0. The van der Waals surface area contributed by atoms with Gasteiger partial charge in [-0.1, -0.05) is 34.8 Å². The first-order chi connectivity index (χ1) is 7.45. The third-order valence-corrected chi connectivity index (χ3v) is 2.80. The summed E-state index contributed by atoms with van der Waals surface area (Å²) in [5.41, 5.74) is 0.345. The zero-order valence-corrected chi connectivity index (χ0v) is 9.92. The molecule has 16 heavy (non-hydrogen) atoms. The molecule has 0 unspecified atom stereocenters. The van der Waals surface area contributed by atoms with Crippen molar-refractivity contribution in [3.63, 3.8) is 0 Å². The van der Waals surface area contributed by atoms with Crippen LogP contribution in [0.5, 0.6) is 0 Å². The van der Waals surface area contributed by atoms with Crippen molar-refractivity contribution >= 4 is 40.9 Å². The van der Waals surface area contributed by atoms with Crippen LogP contribution in [0.25, 0.3) is 0 Å². The number of benzene rings is 1. The van der Waals surface area contributed by atoms with Crippen molar-refractivity contribution in [3.8, 4) is 0 Å². The number of halogens is 3. The van der Waals surface area contributed by atoms with E-state index in [9.17, 15) is 9.70 Å². The summed E-state index contributed by atoms with van der Waals surface area (Å²) >= 11 is 17.2. The lowest BCUT2D eigenvalue weighted by Gasteiger charge is -2.11. The minimum atomic E-state index is -1.47. The molecule has 1 aromatic rings. The lowest BCUT2D eigenvalue weighted by Crippen LogP contribution is -2.22. The van der Waals surface area contributed by atoms with Crippen molar-refractivity contribution < 1.29 is 9.90 Å². The Morgan fingerprint density at radius 2 is 1.81 bits per heavy atom. The topological polar surface area (TPSA) is 70.0 Å². The van der Waals surface area contributed by atoms with Gasteiger partial charge in [-0.25, -0.2) is 4.79 Å². The van der Waals surface area contributed by atoms with Crippen LogP contribution in [0, 0.1) is 4.91 Å². The lowest BCUT2D eigenvalue weighted by molar-refractivity contribution is 0.143. The van der Waals surface area contributed by atoms with Gasteiger partial charge < -0.3 is 5.11 Å². The smallest absolute Gasteiger partial charge is 0.430 e. The SMILES string of the molecule is O=NN(Cc1cc(Cl)c(Cl)cc1Cl)C(=O)O. The molecular weight excluding hydrogens is 278 g/mol. The second-order valence-electron chi connectivity index (χ2n) is 2.78. The Morgan fingerprint density at radius 3 is 2.31 bits per heavy atom. The number of rotatable bonds is 3. The molecule has 5 nitrogen and oxygen atoms in total. The van der Waals surface area contributed by atoms with Crippen LogP contribution >= 0.6 is 34.8 Å². The van der Waals surface area contributed by atoms with Crippen molar-refractivity contribution in [3.05, 3.63) is 37.7 Å². The Kier molecular flexibility index (Phi) is 4.35. The summed E-state index contributed by atoms with van der Waals surface area (Å²) in [6, 6.07) is 2.75. The van der Waals surface area contributed by atoms with E-state index in [1.165, 1.54) is 12.1 Å². The van der Waals surface area contributed by atoms with Gasteiger partial charge in [-0.2, -0.15) is 5.01 Å². The van der Waals surface area contributed by atoms with E-state index >= 15 is 0 Å². The van der Waals surface area contributed by atoms with E-state index in [4.69, 9.17) is 39.9 Å². The van der Waals surface area contributed by atoms with Crippen LogP contribution in [-0.2, 0) is 6.54 Å². The number of nitrogens with zero attached hydrogens (tertiary/aromatic N) is 2. The van der Waals surface area contributed by atoms with Gasteiger partial charge in [0.1, 0.15) is 0 Å². The quantitative estimate of drug-likeness (QED) is 0.521. The van der Waals surface area contributed by atoms with Crippen LogP contribution in [-0.4, -0.2) is 16.2 Å². The van der Waals surface area contributed by atoms with Crippen LogP contribution in [0.1, 0.15) is 5.56 Å². The molecule has 1 amide bonds. The number of hydrogen-bond donors (Lipinski definition) is 1. The van der Waals surface area contributed by atoms with E-state index in [0.29, 0.717) is 10.6 Å². The maximum atomic E-state index is 10.5. The van der Waals surface area contributed by atoms with Gasteiger partial charge in [0.25, 0.3) is 0 Å². The third-order valence-electron chi connectivity index (χ3n) is 1.73. The standard InChI is InChI=1S/C8H5Cl3N2O3/c9-5-2-7(11)6(10)1-4(5)3-13(12-16)8(14)15/h1-2H,3H2,(H,14,15). The van der Waals surface area contributed by atoms with Gasteiger partial charge in [0.2, 0.25) is 0 Å². The van der Waals surface area contributed by atoms with E-state index in [2.05, 4.69) is 5.29 Å². The van der Waals surface area contributed by atoms with Gasteiger partial charge in [0, 0.05) is 5.02 Å². The Balaban J connectivity index is 3.01. The lowest BCUT2D eigenvalue weighted by atomic mass is 10.2. The summed E-state index contributed by atoms with van der Waals surface area (Å²) in [7, 11) is 0. The van der Waals surface area contributed by atoms with E-state index in [-0.39, 0.29) is 21.6 Å². The normalized spacial score (nSPS) is 9.94. The van der Waals surface area contributed by atoms with Gasteiger partial charge in [-0.15, -0.1) is 4.91 Å². The first kappa shape index (κ1) is 13.0. The predicted octanol–water partition coefficient (Wildman–Crippen LogP) is 3.81. The monoisotopic (exact) mass is 282 g/mol. The summed E-state index contributed by atoms with van der Waals surface area (Å²) in [5, 5.41) is 11.9. The molecule has 0 radical (unpaired) electrons. The van der Waals surface area contributed by atoms with Crippen molar-refractivity contribution in [1.82, 2.24) is 5.01 Å². The van der Waals surface area contributed by atoms with E-state index in [0.717, 1.165) is 0 Å². The molecule has 0 spiro atoms. The molecule has 86 valence electrons. The molecule has 0 saturated heterocycles. The molecule has 0 aromatic heterocycles. The minimum absolute atomic E-state index is 0.212. The molecule has 0 fully saturated rings. The highest BCUT2D eigenvalue weighted by Gasteiger charge is 2.15. The maximum absolute atomic E-state index is 10.5. The molecule has 1 aromatic carbocycles. The van der Waals surface area contributed by atoms with Crippen LogP contribution in [0.3, 0.4) is 0 Å². The van der Waals surface area contributed by atoms with E-state index < -0.39 is 6.09 Å². The second-order valence-corrected chi connectivity index (χ2v) is 4.00. The molecular formula is C8H5Cl3N2O3. The number of amides is 1. The fourth-order valence-corrected chi connectivity index (χ4v) is 1.61. The maximum Gasteiger partial charge on any atom is 0.430 e. The second kappa shape index (κ2) is 5.34. The zero-order valence-electron chi connectivity index (χ0n) is 7.65. The van der Waals surface area contributed by atoms with E-state index in [1.807, 2.05) is 0 Å². The highest BCUT2D eigenvalue weighted by molar-refractivity contribution is 6.43. The Bertz CT molecular complexity index is 439. The fraction of sp³-hybridized carbons (Fsp3) is 0.125. The highest BCUT2D eigenvalue weighted by Crippen LogP contribution is 2.29. The first-order valence-electron chi connectivity index (χ1n) is 3.93. The number of nitroso groups, excluding NO2 is 1. The van der Waals surface area contributed by atoms with Gasteiger partial charge >= 0.3 is 6.09 Å². The summed E-state index contributed by atoms with van der Waals surface area (Å²) in [6.45, 7) is -0.283. The van der Waals surface area contributed by atoms with Crippen LogP contribution < -0.4 is 0 Å². The Labute approximate surface area is 105 Å². The van der Waals surface area contributed by atoms with Crippen molar-refractivity contribution in [1.29, 1.82) is 0 Å². The molecule has 0 aliphatic rings. The minimum Gasteiger partial charge on any atom is -0.464 e. The molecule has 1 N–H and O–H groups in total. The largest absolute Gasteiger partial charge is 0.464 e. The first-order valence-corrected chi connectivity index (χ1v) is 5.06. The van der Waals surface area contributed by atoms with Gasteiger partial charge in [0.05, 0.1) is 21.9 Å². The molecule has 0 aliphatic heterocycles. The van der Waals surface area contributed by atoms with Gasteiger partial charge in [-0.3, -0.25) is 0 Å². The zero-order chi connectivity index (χ0) is 12.3.